The zero-order valence-electron chi connectivity index (χ0n) is 18.3. The molecule has 6 nitrogen and oxygen atoms in total. The average molecular weight is 467 g/mol. The van der Waals surface area contributed by atoms with Crippen molar-refractivity contribution in [3.63, 3.8) is 0 Å². The number of nitrogens with one attached hydrogen (secondary N) is 1. The first-order valence-corrected chi connectivity index (χ1v) is 11.9. The molecular weight excluding hydrogens is 444 g/mol. The summed E-state index contributed by atoms with van der Waals surface area (Å²) < 4.78 is 1.21. The van der Waals surface area contributed by atoms with Crippen LogP contribution in [0.25, 0.3) is 32.6 Å². The summed E-state index contributed by atoms with van der Waals surface area (Å²) in [5.74, 6) is -0.261. The van der Waals surface area contributed by atoms with Crippen LogP contribution in [-0.4, -0.2) is 27.2 Å². The Balaban J connectivity index is 1.24. The van der Waals surface area contributed by atoms with Gasteiger partial charge in [0.05, 0.1) is 11.4 Å². The lowest BCUT2D eigenvalue weighted by Crippen LogP contribution is -2.34. The Bertz CT molecular complexity index is 1500. The van der Waals surface area contributed by atoms with Crippen LogP contribution in [-0.2, 0) is 17.8 Å². The Morgan fingerprint density at radius 1 is 0.912 bits per heavy atom. The fourth-order valence-corrected chi connectivity index (χ4v) is 4.67. The van der Waals surface area contributed by atoms with Gasteiger partial charge in [-0.05, 0) is 16.8 Å². The molecule has 2 heterocycles. The lowest BCUT2D eigenvalue weighted by atomic mass is 10.0. The van der Waals surface area contributed by atoms with Gasteiger partial charge in [-0.3, -0.25) is 9.59 Å². The number of aromatic nitrogens is 3. The molecule has 168 valence electrons. The van der Waals surface area contributed by atoms with E-state index in [1.165, 1.54) is 10.7 Å². The normalized spacial score (nSPS) is 10.9. The number of hydrogen-bond donors (Lipinski definition) is 1. The van der Waals surface area contributed by atoms with Crippen molar-refractivity contribution in [3.8, 4) is 21.8 Å². The third kappa shape index (κ3) is 4.79. The molecule has 0 unspecified atom stereocenters. The van der Waals surface area contributed by atoms with Crippen LogP contribution in [0.2, 0.25) is 0 Å². The molecule has 0 saturated carbocycles. The van der Waals surface area contributed by atoms with Crippen molar-refractivity contribution in [2.24, 2.45) is 0 Å². The van der Waals surface area contributed by atoms with Crippen molar-refractivity contribution in [1.29, 1.82) is 0 Å². The van der Waals surface area contributed by atoms with Gasteiger partial charge >= 0.3 is 0 Å². The summed E-state index contributed by atoms with van der Waals surface area (Å²) in [5.41, 5.74) is 3.27. The highest BCUT2D eigenvalue weighted by Crippen LogP contribution is 2.26. The van der Waals surface area contributed by atoms with Crippen molar-refractivity contribution in [3.05, 3.63) is 106 Å². The Labute approximate surface area is 200 Å². The van der Waals surface area contributed by atoms with E-state index >= 15 is 0 Å². The number of thiazole rings is 1. The van der Waals surface area contributed by atoms with Crippen molar-refractivity contribution < 1.29 is 4.79 Å². The molecule has 0 aliphatic heterocycles. The summed E-state index contributed by atoms with van der Waals surface area (Å²) in [6.07, 6.45) is 0.618. The molecule has 7 heteroatoms. The summed E-state index contributed by atoms with van der Waals surface area (Å²) in [6.45, 7) is 0.304. The van der Waals surface area contributed by atoms with E-state index in [1.807, 2.05) is 78.2 Å². The zero-order valence-corrected chi connectivity index (χ0v) is 19.2. The first kappa shape index (κ1) is 21.7. The predicted octanol–water partition coefficient (Wildman–Crippen LogP) is 4.55. The van der Waals surface area contributed by atoms with Gasteiger partial charge < -0.3 is 5.32 Å². The molecule has 0 saturated heterocycles. The molecule has 5 rings (SSSR count). The molecule has 0 radical (unpaired) electrons. The Kier molecular flexibility index (Phi) is 6.27. The lowest BCUT2D eigenvalue weighted by molar-refractivity contribution is -0.121. The molecule has 3 aromatic carbocycles. The van der Waals surface area contributed by atoms with Crippen LogP contribution in [0.5, 0.6) is 0 Å². The maximum atomic E-state index is 12.5. The van der Waals surface area contributed by atoms with Crippen molar-refractivity contribution in [1.82, 2.24) is 20.1 Å². The number of carbonyl (C=O) groups is 1. The van der Waals surface area contributed by atoms with Gasteiger partial charge in [-0.15, -0.1) is 11.3 Å². The van der Waals surface area contributed by atoms with Crippen LogP contribution in [0.4, 0.5) is 0 Å². The topological polar surface area (TPSA) is 76.9 Å². The Morgan fingerprint density at radius 2 is 1.71 bits per heavy atom. The second-order valence-corrected chi connectivity index (χ2v) is 8.71. The molecule has 0 aliphatic rings. The summed E-state index contributed by atoms with van der Waals surface area (Å²) in [6, 6.07) is 27.2. The molecule has 0 fully saturated rings. The molecule has 0 atom stereocenters. The minimum atomic E-state index is -0.314. The monoisotopic (exact) mass is 466 g/mol. The number of benzene rings is 3. The predicted molar refractivity (Wildman–Crippen MR) is 136 cm³/mol. The quantitative estimate of drug-likeness (QED) is 0.382. The fourth-order valence-electron chi connectivity index (χ4n) is 3.81. The summed E-state index contributed by atoms with van der Waals surface area (Å²) in [5, 5.41) is 12.4. The first-order valence-electron chi connectivity index (χ1n) is 11.0. The van der Waals surface area contributed by atoms with E-state index in [9.17, 15) is 9.59 Å². The van der Waals surface area contributed by atoms with Crippen molar-refractivity contribution >= 4 is 28.0 Å². The Morgan fingerprint density at radius 3 is 2.59 bits per heavy atom. The molecule has 0 aliphatic carbocycles. The number of amides is 1. The zero-order chi connectivity index (χ0) is 23.3. The summed E-state index contributed by atoms with van der Waals surface area (Å²) in [4.78, 5) is 29.5. The highest BCUT2D eigenvalue weighted by Gasteiger charge is 2.11. The van der Waals surface area contributed by atoms with Gasteiger partial charge in [-0.2, -0.15) is 5.10 Å². The van der Waals surface area contributed by atoms with E-state index in [0.717, 1.165) is 32.6 Å². The fraction of sp³-hybridized carbons (Fsp3) is 0.111. The van der Waals surface area contributed by atoms with Crippen LogP contribution >= 0.6 is 11.3 Å². The first-order chi connectivity index (χ1) is 16.7. The van der Waals surface area contributed by atoms with Gasteiger partial charge in [0.2, 0.25) is 5.91 Å². The summed E-state index contributed by atoms with van der Waals surface area (Å²) >= 11 is 1.59. The number of rotatable bonds is 7. The van der Waals surface area contributed by atoms with E-state index in [2.05, 4.69) is 15.4 Å². The van der Waals surface area contributed by atoms with E-state index < -0.39 is 0 Å². The standard InChI is InChI=1S/C27H22N4O2S/c32-25(28-16-15-21-18-34-27(29-21)20-8-2-1-3-9-20)17-31-26(33)14-13-24(30-31)23-12-6-10-19-7-4-5-11-22(19)23/h1-14,18H,15-17H2,(H,28,32). The lowest BCUT2D eigenvalue weighted by Gasteiger charge is -2.10. The second kappa shape index (κ2) is 9.80. The molecule has 1 amide bonds. The minimum Gasteiger partial charge on any atom is -0.354 e. The maximum absolute atomic E-state index is 12.5. The van der Waals surface area contributed by atoms with E-state index in [4.69, 9.17) is 0 Å². The van der Waals surface area contributed by atoms with E-state index in [1.54, 1.807) is 17.4 Å². The van der Waals surface area contributed by atoms with Gasteiger partial charge in [-0.25, -0.2) is 9.67 Å². The maximum Gasteiger partial charge on any atom is 0.267 e. The molecule has 34 heavy (non-hydrogen) atoms. The van der Waals surface area contributed by atoms with Gasteiger partial charge in [-0.1, -0.05) is 72.8 Å². The Hall–Kier alpha value is -4.10. The van der Waals surface area contributed by atoms with E-state index in [-0.39, 0.29) is 18.0 Å². The average Bonchev–Trinajstić information content (AvgIpc) is 3.35. The molecule has 2 aromatic heterocycles. The van der Waals surface area contributed by atoms with Gasteiger partial charge in [0.25, 0.3) is 5.56 Å². The third-order valence-electron chi connectivity index (χ3n) is 5.50. The van der Waals surface area contributed by atoms with Gasteiger partial charge in [0, 0.05) is 35.5 Å². The number of nitrogens with zero attached hydrogens (tertiary/aromatic N) is 3. The number of carbonyl (C=O) groups excluding carboxylic acids is 1. The number of fused-ring (bicyclic) bond motifs is 1. The van der Waals surface area contributed by atoms with Crippen LogP contribution < -0.4 is 10.9 Å². The van der Waals surface area contributed by atoms with Crippen LogP contribution in [0.3, 0.4) is 0 Å². The molecule has 1 N–H and O–H groups in total. The molecule has 5 aromatic rings. The summed E-state index contributed by atoms with van der Waals surface area (Å²) in [7, 11) is 0. The minimum absolute atomic E-state index is 0.135. The SMILES string of the molecule is O=C(Cn1nc(-c2cccc3ccccc23)ccc1=O)NCCc1csc(-c2ccccc2)n1. The van der Waals surface area contributed by atoms with Crippen LogP contribution in [0, 0.1) is 0 Å². The van der Waals surface area contributed by atoms with E-state index in [0.29, 0.717) is 18.7 Å². The highest BCUT2D eigenvalue weighted by atomic mass is 32.1. The third-order valence-corrected chi connectivity index (χ3v) is 6.44. The second-order valence-electron chi connectivity index (χ2n) is 7.85. The molecular formula is C27H22N4O2S. The van der Waals surface area contributed by atoms with Gasteiger partial charge in [0.15, 0.2) is 0 Å². The van der Waals surface area contributed by atoms with Crippen LogP contribution in [0.1, 0.15) is 5.69 Å². The number of hydrogen-bond acceptors (Lipinski definition) is 5. The van der Waals surface area contributed by atoms with Crippen molar-refractivity contribution in [2.45, 2.75) is 13.0 Å². The van der Waals surface area contributed by atoms with Gasteiger partial charge in [0.1, 0.15) is 11.6 Å². The smallest absolute Gasteiger partial charge is 0.267 e. The molecule has 0 spiro atoms. The van der Waals surface area contributed by atoms with Crippen LogP contribution in [0.15, 0.2) is 95.1 Å². The molecule has 0 bridgehead atoms. The highest BCUT2D eigenvalue weighted by molar-refractivity contribution is 7.13. The largest absolute Gasteiger partial charge is 0.354 e. The van der Waals surface area contributed by atoms with Crippen molar-refractivity contribution in [2.75, 3.05) is 6.54 Å².